The van der Waals surface area contributed by atoms with Crippen LogP contribution in [0.4, 0.5) is 0 Å². The van der Waals surface area contributed by atoms with Gasteiger partial charge in [0.2, 0.25) is 0 Å². The Labute approximate surface area is 315 Å². The molecule has 19 nitrogen and oxygen atoms in total. The molecule has 0 spiro atoms. The van der Waals surface area contributed by atoms with Crippen molar-refractivity contribution in [3.8, 4) is 11.5 Å². The van der Waals surface area contributed by atoms with Gasteiger partial charge in [0.05, 0.1) is 19.8 Å². The van der Waals surface area contributed by atoms with E-state index in [1.807, 2.05) is 0 Å². The quantitative estimate of drug-likeness (QED) is 0.0213. The molecule has 3 aromatic rings. The summed E-state index contributed by atoms with van der Waals surface area (Å²) < 4.78 is 65.0. The van der Waals surface area contributed by atoms with Crippen LogP contribution in [0.3, 0.4) is 0 Å². The van der Waals surface area contributed by atoms with Crippen LogP contribution in [0, 0.1) is 6.92 Å². The topological polar surface area (TPSA) is 257 Å². The summed E-state index contributed by atoms with van der Waals surface area (Å²) in [5.41, 5.74) is 8.42. The zero-order valence-corrected chi connectivity index (χ0v) is 32.0. The highest BCUT2D eigenvalue weighted by molar-refractivity contribution is 7.61. The molecule has 0 bridgehead atoms. The first kappa shape index (κ1) is 43.1. The lowest BCUT2D eigenvalue weighted by molar-refractivity contribution is -0.134. The third kappa shape index (κ3) is 13.8. The monoisotopic (exact) mass is 805 g/mol. The lowest BCUT2D eigenvalue weighted by Gasteiger charge is -2.22. The number of hydrogen-bond donors (Lipinski definition) is 2. The van der Waals surface area contributed by atoms with E-state index in [0.717, 1.165) is 30.3 Å². The van der Waals surface area contributed by atoms with Crippen LogP contribution in [0.1, 0.15) is 75.3 Å². The maximum Gasteiger partial charge on any atom is 0.484 e. The second kappa shape index (κ2) is 20.3. The molecule has 4 atom stereocenters. The van der Waals surface area contributed by atoms with E-state index in [1.165, 1.54) is 74.7 Å². The normalized spacial score (nSPS) is 17.3. The highest BCUT2D eigenvalue weighted by Crippen LogP contribution is 2.64. The van der Waals surface area contributed by atoms with Crippen molar-refractivity contribution in [1.82, 2.24) is 9.55 Å². The second-order valence-electron chi connectivity index (χ2n) is 12.1. The Bertz CT molecular complexity index is 2100. The van der Waals surface area contributed by atoms with Crippen LogP contribution >= 0.6 is 15.6 Å². The lowest BCUT2D eigenvalue weighted by atomic mass is 10.1. The minimum absolute atomic E-state index is 0.128. The first-order valence-corrected chi connectivity index (χ1v) is 20.0. The molecule has 0 saturated heterocycles. The molecule has 0 fully saturated rings. The van der Waals surface area contributed by atoms with Gasteiger partial charge >= 0.3 is 33.3 Å². The second-order valence-corrected chi connectivity index (χ2v) is 15.4. The molecule has 4 rings (SSSR count). The number of unbranched alkanes of at least 4 members (excludes halogenated alkanes) is 4. The molecule has 21 heteroatoms. The molecule has 1 aliphatic rings. The molecule has 1 aliphatic heterocycles. The van der Waals surface area contributed by atoms with Gasteiger partial charge in [-0.05, 0) is 60.3 Å². The van der Waals surface area contributed by atoms with Crippen LogP contribution in [-0.2, 0) is 54.6 Å². The van der Waals surface area contributed by atoms with Crippen molar-refractivity contribution in [2.24, 2.45) is 5.11 Å². The molecule has 0 amide bonds. The number of nitrogens with one attached hydrogen (secondary N) is 1. The van der Waals surface area contributed by atoms with Crippen molar-refractivity contribution < 1.29 is 55.7 Å². The third-order valence-corrected chi connectivity index (χ3v) is 10.7. The van der Waals surface area contributed by atoms with Crippen LogP contribution < -0.4 is 20.7 Å². The number of H-pyrrole nitrogens is 1. The summed E-state index contributed by atoms with van der Waals surface area (Å²) in [5, 5.41) is 3.50. The van der Waals surface area contributed by atoms with Gasteiger partial charge in [-0.1, -0.05) is 62.0 Å². The van der Waals surface area contributed by atoms with Gasteiger partial charge in [0.25, 0.3) is 5.56 Å². The predicted octanol–water partition coefficient (Wildman–Crippen LogP) is 6.80. The number of aromatic nitrogens is 2. The van der Waals surface area contributed by atoms with E-state index in [1.54, 1.807) is 0 Å². The standard InChI is InChI=1S/C34H41N5O14P2/c1-4-5-6-7-8-9-32(41)51-28-16-12-26(13-17-28)21-49-55(46,48-20-25-10-14-27(15-11-25)50-24(3)40)53-54(44,45)47-22-30-29(37-38-35)18-31(52-30)39-19-23(2)33(42)36-34(39)43/h10-19,30-31H,4-9,20-22H2,1-3H3,(H,44,45)(H,36,42,43)/t30?,31-,55?/m1/s1. The Morgan fingerprint density at radius 2 is 1.55 bits per heavy atom. The number of carbonyl (C=O) groups is 2. The summed E-state index contributed by atoms with van der Waals surface area (Å²) in [6.45, 7) is 3.06. The molecule has 55 heavy (non-hydrogen) atoms. The number of azide groups is 1. The zero-order chi connectivity index (χ0) is 40.0. The molecule has 2 N–H and O–H groups in total. The summed E-state index contributed by atoms with van der Waals surface area (Å²) in [5.74, 6) is -0.423. The van der Waals surface area contributed by atoms with Gasteiger partial charge in [0.15, 0.2) is 6.23 Å². The zero-order valence-electron chi connectivity index (χ0n) is 30.2. The molecule has 3 unspecified atom stereocenters. The van der Waals surface area contributed by atoms with Gasteiger partial charge in [0.1, 0.15) is 17.6 Å². The van der Waals surface area contributed by atoms with Gasteiger partial charge in [-0.3, -0.25) is 37.5 Å². The number of phosphoric acid groups is 2. The molecule has 2 heterocycles. The molecular formula is C34H41N5O14P2. The molecule has 0 aliphatic carbocycles. The summed E-state index contributed by atoms with van der Waals surface area (Å²) in [7, 11) is -10.3. The van der Waals surface area contributed by atoms with E-state index < -0.39 is 65.0 Å². The molecule has 0 radical (unpaired) electrons. The van der Waals surface area contributed by atoms with Crippen molar-refractivity contribution in [1.29, 1.82) is 0 Å². The van der Waals surface area contributed by atoms with Crippen molar-refractivity contribution in [3.63, 3.8) is 0 Å². The number of phosphoric ester groups is 2. The summed E-state index contributed by atoms with van der Waals surface area (Å²) in [4.78, 5) is 63.2. The molecule has 1 aromatic heterocycles. The lowest BCUT2D eigenvalue weighted by Crippen LogP contribution is -2.33. The number of rotatable bonds is 21. The van der Waals surface area contributed by atoms with Gasteiger partial charge in [-0.25, -0.2) is 13.9 Å². The molecule has 0 saturated carbocycles. The summed E-state index contributed by atoms with van der Waals surface area (Å²) in [6, 6.07) is 11.9. The number of nitrogens with zero attached hydrogens (tertiary/aromatic N) is 4. The van der Waals surface area contributed by atoms with E-state index in [-0.39, 0.29) is 35.1 Å². The fraction of sp³-hybridized carbons (Fsp3) is 0.412. The Morgan fingerprint density at radius 1 is 0.945 bits per heavy atom. The van der Waals surface area contributed by atoms with Crippen molar-refractivity contribution in [3.05, 3.63) is 114 Å². The number of aromatic amines is 1. The molecule has 296 valence electrons. The number of ether oxygens (including phenoxy) is 3. The van der Waals surface area contributed by atoms with Crippen LogP contribution in [0.15, 0.2) is 81.2 Å². The highest BCUT2D eigenvalue weighted by Gasteiger charge is 2.40. The summed E-state index contributed by atoms with van der Waals surface area (Å²) in [6.07, 6.45) is 5.08. The molecular weight excluding hydrogens is 764 g/mol. The van der Waals surface area contributed by atoms with Crippen molar-refractivity contribution in [2.45, 2.75) is 84.8 Å². The fourth-order valence-electron chi connectivity index (χ4n) is 4.96. The predicted molar refractivity (Wildman–Crippen MR) is 194 cm³/mol. The number of aryl methyl sites for hydroxylation is 1. The maximum absolute atomic E-state index is 13.9. The SMILES string of the molecule is CCCCCCCC(=O)Oc1ccc(COP(=O)(OCc2ccc(OC(C)=O)cc2)OP(=O)(O)OCC2O[C@@H](n3cc(C)c(=O)[nH]c3=O)C=C2N=[N+]=[N-])cc1. The average Bonchev–Trinajstić information content (AvgIpc) is 3.54. The van der Waals surface area contributed by atoms with Crippen LogP contribution in [0.5, 0.6) is 11.5 Å². The Morgan fingerprint density at radius 3 is 2.13 bits per heavy atom. The maximum atomic E-state index is 13.9. The summed E-state index contributed by atoms with van der Waals surface area (Å²) >= 11 is 0. The smallest absolute Gasteiger partial charge is 0.427 e. The van der Waals surface area contributed by atoms with E-state index in [9.17, 15) is 33.2 Å². The van der Waals surface area contributed by atoms with Gasteiger partial charge in [0, 0.05) is 35.7 Å². The van der Waals surface area contributed by atoms with Gasteiger partial charge in [-0.15, -0.1) is 0 Å². The minimum atomic E-state index is -5.32. The third-order valence-electron chi connectivity index (χ3n) is 7.72. The van der Waals surface area contributed by atoms with E-state index in [4.69, 9.17) is 37.6 Å². The largest absolute Gasteiger partial charge is 0.484 e. The van der Waals surface area contributed by atoms with Gasteiger partial charge in [-0.2, -0.15) is 4.31 Å². The Kier molecular flexibility index (Phi) is 15.9. The van der Waals surface area contributed by atoms with Crippen LogP contribution in [-0.4, -0.2) is 39.1 Å². The number of hydrogen-bond acceptors (Lipinski definition) is 14. The van der Waals surface area contributed by atoms with Crippen molar-refractivity contribution >= 4 is 27.6 Å². The Balaban J connectivity index is 1.43. The van der Waals surface area contributed by atoms with E-state index in [0.29, 0.717) is 17.5 Å². The number of esters is 2. The van der Waals surface area contributed by atoms with E-state index in [2.05, 4.69) is 21.9 Å². The van der Waals surface area contributed by atoms with Crippen molar-refractivity contribution in [2.75, 3.05) is 6.61 Å². The Hall–Kier alpha value is -4.67. The first-order chi connectivity index (χ1) is 26.2. The van der Waals surface area contributed by atoms with Crippen LogP contribution in [0.25, 0.3) is 10.4 Å². The first-order valence-electron chi connectivity index (χ1n) is 17.1. The average molecular weight is 806 g/mol. The highest BCUT2D eigenvalue weighted by atomic mass is 31.3. The number of benzene rings is 2. The fourth-order valence-corrected chi connectivity index (χ4v) is 7.55. The number of carbonyl (C=O) groups excluding carboxylic acids is 2. The minimum Gasteiger partial charge on any atom is -0.427 e. The molecule has 2 aromatic carbocycles. The van der Waals surface area contributed by atoms with Crippen LogP contribution in [0.2, 0.25) is 0 Å². The van der Waals surface area contributed by atoms with E-state index >= 15 is 0 Å². The van der Waals surface area contributed by atoms with Gasteiger partial charge < -0.3 is 19.1 Å².